The minimum atomic E-state index is -3.53. The summed E-state index contributed by atoms with van der Waals surface area (Å²) in [5.74, 6) is 2.88. The van der Waals surface area contributed by atoms with Gasteiger partial charge in [0, 0.05) is 0 Å². The normalized spacial score (nSPS) is 18.4. The number of hydrogen-bond donors (Lipinski definition) is 1. The molecule has 4 heteroatoms. The number of nitrogens with one attached hydrogen (secondary N) is 1. The summed E-state index contributed by atoms with van der Waals surface area (Å²) in [5.41, 5.74) is 1.03. The van der Waals surface area contributed by atoms with Gasteiger partial charge in [0.15, 0.2) is 0 Å². The van der Waals surface area contributed by atoms with E-state index in [1.165, 1.54) is 6.42 Å². The summed E-state index contributed by atoms with van der Waals surface area (Å²) in [4.78, 5) is 0.277. The average Bonchev–Trinajstić information content (AvgIpc) is 2.46. The highest BCUT2D eigenvalue weighted by Crippen LogP contribution is 2.27. The molecule has 0 saturated heterocycles. The van der Waals surface area contributed by atoms with Gasteiger partial charge < -0.3 is 0 Å². The maximum atomic E-state index is 12.3. The van der Waals surface area contributed by atoms with Crippen LogP contribution in [0.5, 0.6) is 0 Å². The van der Waals surface area contributed by atoms with E-state index < -0.39 is 16.1 Å². The Morgan fingerprint density at radius 2 is 1.80 bits per heavy atom. The highest BCUT2D eigenvalue weighted by atomic mass is 32.2. The van der Waals surface area contributed by atoms with E-state index >= 15 is 0 Å². The molecule has 1 N–H and O–H groups in total. The zero-order valence-corrected chi connectivity index (χ0v) is 12.6. The predicted octanol–water partition coefficient (Wildman–Crippen LogP) is 2.86. The van der Waals surface area contributed by atoms with Crippen LogP contribution < -0.4 is 4.72 Å². The van der Waals surface area contributed by atoms with E-state index in [0.717, 1.165) is 31.2 Å². The number of sulfonamides is 1. The van der Waals surface area contributed by atoms with Gasteiger partial charge in [0.05, 0.1) is 10.9 Å². The zero-order valence-electron chi connectivity index (χ0n) is 11.8. The van der Waals surface area contributed by atoms with Crippen LogP contribution in [0.15, 0.2) is 29.2 Å². The Bertz CT molecular complexity index is 578. The second-order valence-electron chi connectivity index (χ2n) is 5.48. The largest absolute Gasteiger partial charge is 0.241 e. The quantitative estimate of drug-likeness (QED) is 0.867. The van der Waals surface area contributed by atoms with Crippen molar-refractivity contribution in [1.29, 1.82) is 0 Å². The van der Waals surface area contributed by atoms with Crippen molar-refractivity contribution >= 4 is 10.0 Å². The van der Waals surface area contributed by atoms with Crippen LogP contribution >= 0.6 is 0 Å². The lowest BCUT2D eigenvalue weighted by Gasteiger charge is -2.27. The Morgan fingerprint density at radius 1 is 1.20 bits per heavy atom. The van der Waals surface area contributed by atoms with E-state index in [9.17, 15) is 8.42 Å². The van der Waals surface area contributed by atoms with Gasteiger partial charge in [0.2, 0.25) is 10.0 Å². The molecule has 0 radical (unpaired) electrons. The second-order valence-corrected chi connectivity index (χ2v) is 7.19. The summed E-state index contributed by atoms with van der Waals surface area (Å²) in [7, 11) is -3.53. The molecule has 1 unspecified atom stereocenters. The third-order valence-corrected chi connectivity index (χ3v) is 5.37. The highest BCUT2D eigenvalue weighted by molar-refractivity contribution is 7.89. The van der Waals surface area contributed by atoms with Crippen LogP contribution in [0.2, 0.25) is 0 Å². The third-order valence-electron chi connectivity index (χ3n) is 3.91. The molecule has 1 fully saturated rings. The standard InChI is InChI=1S/C16H21NO2S/c1-3-16(14-7-5-4-6-8-14)17-20(18,19)15-11-9-13(2)10-12-15/h1,9-12,14,16-17H,4-8H2,2H3. The van der Waals surface area contributed by atoms with Crippen LogP contribution in [-0.2, 0) is 10.0 Å². The minimum absolute atomic E-state index is 0.258. The monoisotopic (exact) mass is 291 g/mol. The number of hydrogen-bond acceptors (Lipinski definition) is 2. The molecule has 0 heterocycles. The molecule has 1 aliphatic rings. The first-order valence-electron chi connectivity index (χ1n) is 7.08. The molecule has 108 valence electrons. The predicted molar refractivity (Wildman–Crippen MR) is 80.7 cm³/mol. The van der Waals surface area contributed by atoms with Crippen molar-refractivity contribution in [3.05, 3.63) is 29.8 Å². The SMILES string of the molecule is C#CC(NS(=O)(=O)c1ccc(C)cc1)C1CCCCC1. The summed E-state index contributed by atoms with van der Waals surface area (Å²) >= 11 is 0. The van der Waals surface area contributed by atoms with Crippen LogP contribution in [0.3, 0.4) is 0 Å². The number of rotatable bonds is 4. The Kier molecular flexibility index (Phi) is 4.85. The van der Waals surface area contributed by atoms with Crippen molar-refractivity contribution < 1.29 is 8.42 Å². The van der Waals surface area contributed by atoms with E-state index in [-0.39, 0.29) is 10.8 Å². The summed E-state index contributed by atoms with van der Waals surface area (Å²) < 4.78 is 27.4. The van der Waals surface area contributed by atoms with Gasteiger partial charge in [0.1, 0.15) is 0 Å². The topological polar surface area (TPSA) is 46.2 Å². The van der Waals surface area contributed by atoms with Crippen LogP contribution in [0.25, 0.3) is 0 Å². The molecule has 0 bridgehead atoms. The van der Waals surface area contributed by atoms with Gasteiger partial charge >= 0.3 is 0 Å². The summed E-state index contributed by atoms with van der Waals surface area (Å²) in [5, 5.41) is 0. The fourth-order valence-corrected chi connectivity index (χ4v) is 3.91. The van der Waals surface area contributed by atoms with Gasteiger partial charge in [-0.2, -0.15) is 4.72 Å². The van der Waals surface area contributed by atoms with E-state index in [1.54, 1.807) is 24.3 Å². The molecule has 20 heavy (non-hydrogen) atoms. The van der Waals surface area contributed by atoms with Crippen molar-refractivity contribution in [3.63, 3.8) is 0 Å². The van der Waals surface area contributed by atoms with Gasteiger partial charge in [-0.3, -0.25) is 0 Å². The van der Waals surface area contributed by atoms with E-state index in [1.807, 2.05) is 6.92 Å². The van der Waals surface area contributed by atoms with Crippen molar-refractivity contribution in [2.24, 2.45) is 5.92 Å². The van der Waals surface area contributed by atoms with Gasteiger partial charge in [-0.15, -0.1) is 6.42 Å². The summed E-state index contributed by atoms with van der Waals surface area (Å²) in [6, 6.07) is 6.42. The summed E-state index contributed by atoms with van der Waals surface area (Å²) in [6.07, 6.45) is 11.0. The molecule has 1 aromatic rings. The van der Waals surface area contributed by atoms with Crippen LogP contribution in [0.4, 0.5) is 0 Å². The second kappa shape index (κ2) is 6.43. The fraction of sp³-hybridized carbons (Fsp3) is 0.500. The van der Waals surface area contributed by atoms with Crippen molar-refractivity contribution in [3.8, 4) is 12.3 Å². The molecule has 0 aliphatic heterocycles. The van der Waals surface area contributed by atoms with Gasteiger partial charge in [0.25, 0.3) is 0 Å². The zero-order chi connectivity index (χ0) is 14.6. The maximum Gasteiger partial charge on any atom is 0.241 e. The molecule has 0 spiro atoms. The minimum Gasteiger partial charge on any atom is -0.207 e. The highest BCUT2D eigenvalue weighted by Gasteiger charge is 2.26. The molecule has 1 saturated carbocycles. The van der Waals surface area contributed by atoms with Gasteiger partial charge in [-0.25, -0.2) is 8.42 Å². The van der Waals surface area contributed by atoms with Crippen LogP contribution in [0, 0.1) is 25.2 Å². The Hall–Kier alpha value is -1.31. The molecule has 0 aromatic heterocycles. The molecular formula is C16H21NO2S. The Balaban J connectivity index is 2.13. The molecule has 0 amide bonds. The first kappa shape index (κ1) is 15.1. The lowest BCUT2D eigenvalue weighted by molar-refractivity contribution is 0.325. The molecule has 3 nitrogen and oxygen atoms in total. The number of benzene rings is 1. The Labute approximate surface area is 121 Å². The van der Waals surface area contributed by atoms with E-state index in [4.69, 9.17) is 6.42 Å². The fourth-order valence-electron chi connectivity index (χ4n) is 2.69. The van der Waals surface area contributed by atoms with Gasteiger partial charge in [-0.1, -0.05) is 42.9 Å². The van der Waals surface area contributed by atoms with Crippen molar-refractivity contribution in [2.45, 2.75) is 50.0 Å². The molecule has 1 aliphatic carbocycles. The van der Waals surface area contributed by atoms with Crippen LogP contribution in [-0.4, -0.2) is 14.5 Å². The maximum absolute atomic E-state index is 12.3. The van der Waals surface area contributed by atoms with Crippen LogP contribution in [0.1, 0.15) is 37.7 Å². The summed E-state index contributed by atoms with van der Waals surface area (Å²) in [6.45, 7) is 1.93. The van der Waals surface area contributed by atoms with Crippen molar-refractivity contribution in [1.82, 2.24) is 4.72 Å². The lowest BCUT2D eigenvalue weighted by Crippen LogP contribution is -2.40. The molecule has 1 atom stereocenters. The molecule has 1 aromatic carbocycles. The van der Waals surface area contributed by atoms with E-state index in [0.29, 0.717) is 0 Å². The number of aryl methyl sites for hydroxylation is 1. The third kappa shape index (κ3) is 3.62. The lowest BCUT2D eigenvalue weighted by atomic mass is 9.84. The smallest absolute Gasteiger partial charge is 0.207 e. The Morgan fingerprint density at radius 3 is 2.35 bits per heavy atom. The first-order chi connectivity index (χ1) is 9.53. The molecule has 2 rings (SSSR count). The number of terminal acetylenes is 1. The average molecular weight is 291 g/mol. The first-order valence-corrected chi connectivity index (χ1v) is 8.56. The van der Waals surface area contributed by atoms with Gasteiger partial charge in [-0.05, 0) is 37.8 Å². The van der Waals surface area contributed by atoms with Crippen molar-refractivity contribution in [2.75, 3.05) is 0 Å². The molecular weight excluding hydrogens is 270 g/mol. The van der Waals surface area contributed by atoms with E-state index in [2.05, 4.69) is 10.6 Å².